The SMILES string of the molecule is COc1cccc(-c2nc3c(C(=O)O)cccc3[nH]2)c1. The summed E-state index contributed by atoms with van der Waals surface area (Å²) in [6.07, 6.45) is 0. The minimum Gasteiger partial charge on any atom is -0.497 e. The van der Waals surface area contributed by atoms with Gasteiger partial charge in [0.2, 0.25) is 0 Å². The Bertz CT molecular complexity index is 793. The molecule has 5 nitrogen and oxygen atoms in total. The van der Waals surface area contributed by atoms with Crippen molar-refractivity contribution in [1.82, 2.24) is 9.97 Å². The fourth-order valence-electron chi connectivity index (χ4n) is 2.11. The molecule has 2 aromatic carbocycles. The number of hydrogen-bond acceptors (Lipinski definition) is 3. The van der Waals surface area contributed by atoms with E-state index in [1.54, 1.807) is 25.3 Å². The van der Waals surface area contributed by atoms with Gasteiger partial charge in [0.15, 0.2) is 0 Å². The molecular weight excluding hydrogens is 256 g/mol. The third-order valence-corrected chi connectivity index (χ3v) is 3.09. The quantitative estimate of drug-likeness (QED) is 0.765. The number of carbonyl (C=O) groups is 1. The van der Waals surface area contributed by atoms with Crippen LogP contribution in [0.25, 0.3) is 22.4 Å². The first-order chi connectivity index (χ1) is 9.69. The number of benzene rings is 2. The molecule has 0 spiro atoms. The van der Waals surface area contributed by atoms with Crippen LogP contribution in [-0.2, 0) is 0 Å². The van der Waals surface area contributed by atoms with Crippen molar-refractivity contribution in [3.8, 4) is 17.1 Å². The van der Waals surface area contributed by atoms with Crippen LogP contribution in [0, 0.1) is 0 Å². The van der Waals surface area contributed by atoms with Crippen molar-refractivity contribution in [2.45, 2.75) is 0 Å². The van der Waals surface area contributed by atoms with E-state index in [9.17, 15) is 9.90 Å². The number of H-pyrrole nitrogens is 1. The number of carboxylic acid groups (broad SMARTS) is 1. The molecular formula is C15H12N2O3. The van der Waals surface area contributed by atoms with E-state index in [-0.39, 0.29) is 5.56 Å². The summed E-state index contributed by atoms with van der Waals surface area (Å²) in [5, 5.41) is 9.17. The number of carboxylic acids is 1. The minimum absolute atomic E-state index is 0.188. The van der Waals surface area contributed by atoms with Crippen LogP contribution < -0.4 is 4.74 Å². The predicted octanol–water partition coefficient (Wildman–Crippen LogP) is 2.94. The molecule has 20 heavy (non-hydrogen) atoms. The molecule has 0 saturated heterocycles. The van der Waals surface area contributed by atoms with Crippen molar-refractivity contribution in [1.29, 1.82) is 0 Å². The van der Waals surface area contributed by atoms with Crippen molar-refractivity contribution in [2.75, 3.05) is 7.11 Å². The van der Waals surface area contributed by atoms with Gasteiger partial charge in [-0.3, -0.25) is 0 Å². The molecule has 0 aliphatic heterocycles. The normalized spacial score (nSPS) is 10.7. The first-order valence-corrected chi connectivity index (χ1v) is 6.05. The lowest BCUT2D eigenvalue weighted by Gasteiger charge is -2.01. The molecule has 0 aliphatic rings. The number of ether oxygens (including phenoxy) is 1. The molecule has 0 aliphatic carbocycles. The average molecular weight is 268 g/mol. The second-order valence-corrected chi connectivity index (χ2v) is 4.32. The standard InChI is InChI=1S/C15H12N2O3/c1-20-10-5-2-4-9(8-10)14-16-12-7-3-6-11(15(18)19)13(12)17-14/h2-8H,1H3,(H,16,17)(H,18,19). The highest BCUT2D eigenvalue weighted by Gasteiger charge is 2.13. The Balaban J connectivity index is 2.17. The highest BCUT2D eigenvalue weighted by atomic mass is 16.5. The maximum absolute atomic E-state index is 11.2. The van der Waals surface area contributed by atoms with Gasteiger partial charge in [-0.2, -0.15) is 0 Å². The largest absolute Gasteiger partial charge is 0.497 e. The van der Waals surface area contributed by atoms with Crippen LogP contribution in [0.3, 0.4) is 0 Å². The van der Waals surface area contributed by atoms with Crippen LogP contribution in [0.15, 0.2) is 42.5 Å². The number of nitrogens with zero attached hydrogens (tertiary/aromatic N) is 1. The summed E-state index contributed by atoms with van der Waals surface area (Å²) < 4.78 is 5.18. The summed E-state index contributed by atoms with van der Waals surface area (Å²) in [7, 11) is 1.60. The number of hydrogen-bond donors (Lipinski definition) is 2. The zero-order chi connectivity index (χ0) is 14.1. The first-order valence-electron chi connectivity index (χ1n) is 6.05. The molecule has 0 saturated carbocycles. The van der Waals surface area contributed by atoms with E-state index in [1.807, 2.05) is 24.3 Å². The number of rotatable bonds is 3. The maximum Gasteiger partial charge on any atom is 0.337 e. The number of methoxy groups -OCH3 is 1. The van der Waals surface area contributed by atoms with E-state index in [4.69, 9.17) is 4.74 Å². The number of nitrogens with one attached hydrogen (secondary N) is 1. The molecule has 0 bridgehead atoms. The molecule has 3 aromatic rings. The molecule has 3 rings (SSSR count). The number of aromatic nitrogens is 2. The van der Waals surface area contributed by atoms with Gasteiger partial charge in [0.1, 0.15) is 17.1 Å². The first kappa shape index (κ1) is 12.2. The van der Waals surface area contributed by atoms with Crippen molar-refractivity contribution in [3.63, 3.8) is 0 Å². The number of imidazole rings is 1. The smallest absolute Gasteiger partial charge is 0.337 e. The average Bonchev–Trinajstić information content (AvgIpc) is 2.91. The van der Waals surface area contributed by atoms with E-state index in [0.717, 1.165) is 11.3 Å². The second kappa shape index (κ2) is 4.70. The van der Waals surface area contributed by atoms with Crippen LogP contribution in [-0.4, -0.2) is 28.2 Å². The number of aromatic carboxylic acids is 1. The van der Waals surface area contributed by atoms with Crippen LogP contribution in [0.1, 0.15) is 10.4 Å². The number of aromatic amines is 1. The van der Waals surface area contributed by atoms with Crippen molar-refractivity contribution < 1.29 is 14.6 Å². The van der Waals surface area contributed by atoms with Crippen molar-refractivity contribution in [3.05, 3.63) is 48.0 Å². The maximum atomic E-state index is 11.2. The third kappa shape index (κ3) is 1.99. The molecule has 0 radical (unpaired) electrons. The Hall–Kier alpha value is -2.82. The minimum atomic E-state index is -0.987. The van der Waals surface area contributed by atoms with Gasteiger partial charge in [0.05, 0.1) is 18.2 Å². The molecule has 100 valence electrons. The van der Waals surface area contributed by atoms with Crippen molar-refractivity contribution >= 4 is 17.0 Å². The molecule has 1 heterocycles. The van der Waals surface area contributed by atoms with Crippen LogP contribution in [0.5, 0.6) is 5.75 Å². The Morgan fingerprint density at radius 1 is 1.25 bits per heavy atom. The Labute approximate surface area is 114 Å². The van der Waals surface area contributed by atoms with Crippen LogP contribution in [0.2, 0.25) is 0 Å². The van der Waals surface area contributed by atoms with Gasteiger partial charge < -0.3 is 14.8 Å². The number of para-hydroxylation sites is 1. The molecule has 0 fully saturated rings. The van der Waals surface area contributed by atoms with Gasteiger partial charge in [0.25, 0.3) is 0 Å². The van der Waals surface area contributed by atoms with E-state index in [1.165, 1.54) is 0 Å². The lowest BCUT2D eigenvalue weighted by molar-refractivity contribution is 0.0699. The zero-order valence-electron chi connectivity index (χ0n) is 10.8. The van der Waals surface area contributed by atoms with Gasteiger partial charge in [-0.1, -0.05) is 18.2 Å². The third-order valence-electron chi connectivity index (χ3n) is 3.09. The monoisotopic (exact) mass is 268 g/mol. The van der Waals surface area contributed by atoms with E-state index in [2.05, 4.69) is 9.97 Å². The van der Waals surface area contributed by atoms with Crippen LogP contribution in [0.4, 0.5) is 0 Å². The van der Waals surface area contributed by atoms with Crippen molar-refractivity contribution in [2.24, 2.45) is 0 Å². The summed E-state index contributed by atoms with van der Waals surface area (Å²) in [6, 6.07) is 12.5. The highest BCUT2D eigenvalue weighted by Crippen LogP contribution is 2.25. The molecule has 5 heteroatoms. The van der Waals surface area contributed by atoms with Gasteiger partial charge in [-0.15, -0.1) is 0 Å². The summed E-state index contributed by atoms with van der Waals surface area (Å²) in [4.78, 5) is 18.7. The number of fused-ring (bicyclic) bond motifs is 1. The lowest BCUT2D eigenvalue weighted by Crippen LogP contribution is -1.96. The highest BCUT2D eigenvalue weighted by molar-refractivity contribution is 6.01. The van der Waals surface area contributed by atoms with Gasteiger partial charge in [0, 0.05) is 5.56 Å². The fraction of sp³-hybridized carbons (Fsp3) is 0.0667. The molecule has 0 amide bonds. The zero-order valence-corrected chi connectivity index (χ0v) is 10.8. The topological polar surface area (TPSA) is 75.2 Å². The van der Waals surface area contributed by atoms with E-state index >= 15 is 0 Å². The Morgan fingerprint density at radius 2 is 2.05 bits per heavy atom. The summed E-state index contributed by atoms with van der Waals surface area (Å²) in [6.45, 7) is 0. The molecule has 1 aromatic heterocycles. The Kier molecular flexibility index (Phi) is 2.87. The summed E-state index contributed by atoms with van der Waals surface area (Å²) in [5.74, 6) is 0.355. The lowest BCUT2D eigenvalue weighted by atomic mass is 10.2. The second-order valence-electron chi connectivity index (χ2n) is 4.32. The van der Waals surface area contributed by atoms with Gasteiger partial charge in [-0.25, -0.2) is 9.78 Å². The van der Waals surface area contributed by atoms with Crippen LogP contribution >= 0.6 is 0 Å². The Morgan fingerprint density at radius 3 is 2.80 bits per heavy atom. The van der Waals surface area contributed by atoms with E-state index in [0.29, 0.717) is 16.9 Å². The molecule has 0 atom stereocenters. The van der Waals surface area contributed by atoms with Gasteiger partial charge >= 0.3 is 5.97 Å². The molecule has 2 N–H and O–H groups in total. The summed E-state index contributed by atoms with van der Waals surface area (Å²) >= 11 is 0. The summed E-state index contributed by atoms with van der Waals surface area (Å²) in [5.41, 5.74) is 2.19. The van der Waals surface area contributed by atoms with E-state index < -0.39 is 5.97 Å². The molecule has 0 unspecified atom stereocenters. The predicted molar refractivity (Wildman–Crippen MR) is 75.0 cm³/mol. The van der Waals surface area contributed by atoms with Gasteiger partial charge in [-0.05, 0) is 24.3 Å². The fourth-order valence-corrected chi connectivity index (χ4v) is 2.11.